The van der Waals surface area contributed by atoms with E-state index in [4.69, 9.17) is 14.2 Å². The maximum absolute atomic E-state index is 12.9. The van der Waals surface area contributed by atoms with Crippen LogP contribution < -0.4 is 9.47 Å². The maximum atomic E-state index is 12.9. The van der Waals surface area contributed by atoms with Crippen LogP contribution in [0.4, 0.5) is 0 Å². The lowest BCUT2D eigenvalue weighted by atomic mass is 10.2. The summed E-state index contributed by atoms with van der Waals surface area (Å²) < 4.78 is 43.2. The summed E-state index contributed by atoms with van der Waals surface area (Å²) in [6.07, 6.45) is 1.83. The molecule has 0 radical (unpaired) electrons. The van der Waals surface area contributed by atoms with E-state index in [2.05, 4.69) is 0 Å². The van der Waals surface area contributed by atoms with Gasteiger partial charge in [-0.15, -0.1) is 0 Å². The van der Waals surface area contributed by atoms with Crippen molar-refractivity contribution < 1.29 is 22.6 Å². The summed E-state index contributed by atoms with van der Waals surface area (Å²) in [5, 5.41) is 0. The third kappa shape index (κ3) is 3.53. The molecule has 0 bridgehead atoms. The minimum Gasteiger partial charge on any atom is -0.497 e. The van der Waals surface area contributed by atoms with E-state index in [1.165, 1.54) is 24.6 Å². The van der Waals surface area contributed by atoms with E-state index in [9.17, 15) is 8.42 Å². The molecule has 0 saturated carbocycles. The van der Waals surface area contributed by atoms with Crippen molar-refractivity contribution in [2.24, 2.45) is 0 Å². The second-order valence-electron chi connectivity index (χ2n) is 5.11. The van der Waals surface area contributed by atoms with Crippen LogP contribution in [0.15, 0.2) is 23.1 Å². The first-order valence-corrected chi connectivity index (χ1v) is 8.80. The van der Waals surface area contributed by atoms with Gasteiger partial charge in [0.25, 0.3) is 0 Å². The second kappa shape index (κ2) is 7.30. The lowest BCUT2D eigenvalue weighted by Crippen LogP contribution is -2.37. The first kappa shape index (κ1) is 17.1. The standard InChI is InChI=1S/C15H23NO5S/c1-4-16(11-13-6-5-9-21-13)22(17,18)15-10-12(19-2)7-8-14(15)20-3/h7-8,10,13H,4-6,9,11H2,1-3H3. The van der Waals surface area contributed by atoms with Gasteiger partial charge in [-0.3, -0.25) is 0 Å². The number of hydrogen-bond acceptors (Lipinski definition) is 5. The SMILES string of the molecule is CCN(CC1CCCO1)S(=O)(=O)c1cc(OC)ccc1OC. The van der Waals surface area contributed by atoms with Gasteiger partial charge in [0.05, 0.1) is 20.3 Å². The molecule has 1 aromatic carbocycles. The zero-order valence-corrected chi connectivity index (χ0v) is 14.1. The van der Waals surface area contributed by atoms with Crippen molar-refractivity contribution in [3.8, 4) is 11.5 Å². The van der Waals surface area contributed by atoms with Gasteiger partial charge in [0.2, 0.25) is 10.0 Å². The topological polar surface area (TPSA) is 65.1 Å². The Balaban J connectivity index is 2.34. The molecular weight excluding hydrogens is 306 g/mol. The molecule has 1 aliphatic rings. The van der Waals surface area contributed by atoms with Gasteiger partial charge in [0, 0.05) is 25.8 Å². The van der Waals surface area contributed by atoms with Crippen LogP contribution in [0.5, 0.6) is 11.5 Å². The zero-order valence-electron chi connectivity index (χ0n) is 13.2. The highest BCUT2D eigenvalue weighted by molar-refractivity contribution is 7.89. The number of benzene rings is 1. The van der Waals surface area contributed by atoms with Crippen LogP contribution in [0.25, 0.3) is 0 Å². The molecule has 1 atom stereocenters. The number of sulfonamides is 1. The van der Waals surface area contributed by atoms with Gasteiger partial charge in [-0.05, 0) is 25.0 Å². The number of nitrogens with zero attached hydrogens (tertiary/aromatic N) is 1. The molecule has 0 N–H and O–H groups in total. The van der Waals surface area contributed by atoms with Crippen LogP contribution in [0.3, 0.4) is 0 Å². The molecule has 1 aromatic rings. The summed E-state index contributed by atoms with van der Waals surface area (Å²) in [5.74, 6) is 0.791. The maximum Gasteiger partial charge on any atom is 0.246 e. The number of rotatable bonds is 7. The monoisotopic (exact) mass is 329 g/mol. The number of likely N-dealkylation sites (N-methyl/N-ethyl adjacent to an activating group) is 1. The Morgan fingerprint density at radius 3 is 2.64 bits per heavy atom. The van der Waals surface area contributed by atoms with E-state index in [1.54, 1.807) is 12.1 Å². The average molecular weight is 329 g/mol. The lowest BCUT2D eigenvalue weighted by molar-refractivity contribution is 0.0946. The second-order valence-corrected chi connectivity index (χ2v) is 7.01. The zero-order chi connectivity index (χ0) is 16.2. The first-order valence-electron chi connectivity index (χ1n) is 7.36. The minimum absolute atomic E-state index is 0.0358. The van der Waals surface area contributed by atoms with Gasteiger partial charge in [-0.1, -0.05) is 6.92 Å². The Hall–Kier alpha value is -1.31. The number of ether oxygens (including phenoxy) is 3. The summed E-state index contributed by atoms with van der Waals surface area (Å²) in [6.45, 7) is 3.26. The summed E-state index contributed by atoms with van der Waals surface area (Å²) in [5.41, 5.74) is 0. The van der Waals surface area contributed by atoms with Gasteiger partial charge < -0.3 is 14.2 Å². The van der Waals surface area contributed by atoms with Crippen LogP contribution in [0, 0.1) is 0 Å². The third-order valence-corrected chi connectivity index (χ3v) is 5.73. The fourth-order valence-corrected chi connectivity index (χ4v) is 4.19. The normalized spacial score (nSPS) is 18.6. The smallest absolute Gasteiger partial charge is 0.246 e. The molecular formula is C15H23NO5S. The highest BCUT2D eigenvalue weighted by Crippen LogP contribution is 2.31. The van der Waals surface area contributed by atoms with Gasteiger partial charge >= 0.3 is 0 Å². The molecule has 1 unspecified atom stereocenters. The van der Waals surface area contributed by atoms with Crippen LogP contribution in [-0.4, -0.2) is 52.7 Å². The Morgan fingerprint density at radius 1 is 1.32 bits per heavy atom. The van der Waals surface area contributed by atoms with Crippen molar-refractivity contribution in [3.05, 3.63) is 18.2 Å². The molecule has 1 fully saturated rings. The highest BCUT2D eigenvalue weighted by Gasteiger charge is 2.30. The van der Waals surface area contributed by atoms with Crippen molar-refractivity contribution in [2.45, 2.75) is 30.8 Å². The summed E-state index contributed by atoms with van der Waals surface area (Å²) in [6, 6.07) is 4.77. The molecule has 1 saturated heterocycles. The molecule has 6 nitrogen and oxygen atoms in total. The summed E-state index contributed by atoms with van der Waals surface area (Å²) in [4.78, 5) is 0.120. The number of hydrogen-bond donors (Lipinski definition) is 0. The average Bonchev–Trinajstić information content (AvgIpc) is 3.04. The van der Waals surface area contributed by atoms with Gasteiger partial charge in [0.1, 0.15) is 16.4 Å². The van der Waals surface area contributed by atoms with Crippen molar-refractivity contribution in [1.29, 1.82) is 0 Å². The summed E-state index contributed by atoms with van der Waals surface area (Å²) in [7, 11) is -0.708. The van der Waals surface area contributed by atoms with Crippen LogP contribution >= 0.6 is 0 Å². The molecule has 0 amide bonds. The van der Waals surface area contributed by atoms with Crippen molar-refractivity contribution in [2.75, 3.05) is 33.9 Å². The lowest BCUT2D eigenvalue weighted by Gasteiger charge is -2.24. The van der Waals surface area contributed by atoms with Crippen LogP contribution in [-0.2, 0) is 14.8 Å². The minimum atomic E-state index is -3.67. The summed E-state index contributed by atoms with van der Waals surface area (Å²) >= 11 is 0. The molecule has 2 rings (SSSR count). The van der Waals surface area contributed by atoms with Crippen molar-refractivity contribution in [3.63, 3.8) is 0 Å². The molecule has 1 heterocycles. The van der Waals surface area contributed by atoms with Gasteiger partial charge in [-0.25, -0.2) is 8.42 Å². The van der Waals surface area contributed by atoms with Crippen LogP contribution in [0.1, 0.15) is 19.8 Å². The van der Waals surface area contributed by atoms with Crippen molar-refractivity contribution >= 4 is 10.0 Å². The van der Waals surface area contributed by atoms with E-state index >= 15 is 0 Å². The highest BCUT2D eigenvalue weighted by atomic mass is 32.2. The van der Waals surface area contributed by atoms with Gasteiger partial charge in [0.15, 0.2) is 0 Å². The van der Waals surface area contributed by atoms with E-state index in [0.717, 1.165) is 12.8 Å². The molecule has 1 aliphatic heterocycles. The fourth-order valence-electron chi connectivity index (χ4n) is 2.54. The van der Waals surface area contributed by atoms with E-state index in [-0.39, 0.29) is 11.0 Å². The number of methoxy groups -OCH3 is 2. The Labute approximate surface area is 132 Å². The fraction of sp³-hybridized carbons (Fsp3) is 0.600. The van der Waals surface area contributed by atoms with E-state index < -0.39 is 10.0 Å². The largest absolute Gasteiger partial charge is 0.497 e. The Kier molecular flexibility index (Phi) is 5.66. The van der Waals surface area contributed by atoms with Crippen molar-refractivity contribution in [1.82, 2.24) is 4.31 Å². The molecule has 0 spiro atoms. The predicted octanol–water partition coefficient (Wildman–Crippen LogP) is 1.89. The molecule has 0 aliphatic carbocycles. The third-order valence-electron chi connectivity index (χ3n) is 3.77. The molecule has 7 heteroatoms. The predicted molar refractivity (Wildman–Crippen MR) is 83.0 cm³/mol. The van der Waals surface area contributed by atoms with E-state index in [1.807, 2.05) is 6.92 Å². The first-order chi connectivity index (χ1) is 10.5. The Morgan fingerprint density at radius 2 is 2.09 bits per heavy atom. The van der Waals surface area contributed by atoms with Crippen LogP contribution in [0.2, 0.25) is 0 Å². The quantitative estimate of drug-likeness (QED) is 0.764. The Bertz CT molecular complexity index is 596. The van der Waals surface area contributed by atoms with E-state index in [0.29, 0.717) is 31.2 Å². The molecule has 124 valence electrons. The molecule has 22 heavy (non-hydrogen) atoms. The molecule has 0 aromatic heterocycles. The van der Waals surface area contributed by atoms with Gasteiger partial charge in [-0.2, -0.15) is 4.31 Å².